The summed E-state index contributed by atoms with van der Waals surface area (Å²) in [7, 11) is 1.78. The molecular formula is C17H17ClFN7O. The van der Waals surface area contributed by atoms with Gasteiger partial charge in [0.2, 0.25) is 5.95 Å². The molecule has 0 saturated heterocycles. The molecule has 0 bridgehead atoms. The Morgan fingerprint density at radius 1 is 1.37 bits per heavy atom. The number of nitrogens with two attached hydrogens (primary N) is 1. The summed E-state index contributed by atoms with van der Waals surface area (Å²) in [5, 5.41) is 10.4. The molecule has 3 rings (SSSR count). The van der Waals surface area contributed by atoms with Gasteiger partial charge >= 0.3 is 0 Å². The number of amides is 1. The van der Waals surface area contributed by atoms with E-state index in [0.717, 1.165) is 0 Å². The van der Waals surface area contributed by atoms with E-state index in [2.05, 4.69) is 25.7 Å². The van der Waals surface area contributed by atoms with Crippen LogP contribution in [0, 0.1) is 5.82 Å². The number of carbonyl (C=O) groups excluding carboxylic acids is 1. The van der Waals surface area contributed by atoms with Gasteiger partial charge in [-0.05, 0) is 18.6 Å². The second kappa shape index (κ2) is 8.00. The Kier molecular flexibility index (Phi) is 5.51. The van der Waals surface area contributed by atoms with Crippen LogP contribution in [0.1, 0.15) is 15.9 Å². The fraction of sp³-hybridized carbons (Fsp3) is 0.176. The van der Waals surface area contributed by atoms with Gasteiger partial charge in [-0.1, -0.05) is 17.7 Å². The Hall–Kier alpha value is -3.20. The van der Waals surface area contributed by atoms with Crippen LogP contribution in [-0.4, -0.2) is 32.2 Å². The Bertz CT molecular complexity index is 955. The van der Waals surface area contributed by atoms with Crippen LogP contribution in [0.3, 0.4) is 0 Å². The molecule has 0 aliphatic carbocycles. The largest absolute Gasteiger partial charge is 0.369 e. The maximum Gasteiger partial charge on any atom is 0.254 e. The summed E-state index contributed by atoms with van der Waals surface area (Å²) < 4.78 is 15.5. The summed E-state index contributed by atoms with van der Waals surface area (Å²) >= 11 is 6.03. The fourth-order valence-electron chi connectivity index (χ4n) is 2.45. The number of nitrogens with zero attached hydrogens (tertiary/aromatic N) is 4. The number of aryl methyl sites for hydroxylation is 1. The first kappa shape index (κ1) is 18.6. The van der Waals surface area contributed by atoms with Gasteiger partial charge in [0.25, 0.3) is 5.91 Å². The summed E-state index contributed by atoms with van der Waals surface area (Å²) in [6.07, 6.45) is 4.99. The number of hydrogen-bond donors (Lipinski definition) is 3. The van der Waals surface area contributed by atoms with Gasteiger partial charge < -0.3 is 16.4 Å². The number of aromatic nitrogens is 4. The van der Waals surface area contributed by atoms with Gasteiger partial charge in [-0.2, -0.15) is 10.1 Å². The number of anilines is 3. The summed E-state index contributed by atoms with van der Waals surface area (Å²) in [4.78, 5) is 20.0. The van der Waals surface area contributed by atoms with Crippen molar-refractivity contribution in [1.82, 2.24) is 19.7 Å². The lowest BCUT2D eigenvalue weighted by atomic mass is 10.1. The van der Waals surface area contributed by atoms with Crippen molar-refractivity contribution in [3.8, 4) is 0 Å². The average molecular weight is 390 g/mol. The van der Waals surface area contributed by atoms with Gasteiger partial charge in [0.05, 0.1) is 17.4 Å². The van der Waals surface area contributed by atoms with Gasteiger partial charge in [-0.3, -0.25) is 9.48 Å². The zero-order chi connectivity index (χ0) is 19.4. The Morgan fingerprint density at radius 3 is 2.85 bits per heavy atom. The molecule has 0 unspecified atom stereocenters. The number of carbonyl (C=O) groups is 1. The molecule has 0 spiro atoms. The first-order chi connectivity index (χ1) is 12.9. The van der Waals surface area contributed by atoms with Crippen molar-refractivity contribution in [2.75, 3.05) is 17.2 Å². The molecule has 27 heavy (non-hydrogen) atoms. The van der Waals surface area contributed by atoms with Crippen molar-refractivity contribution in [2.45, 2.75) is 6.42 Å². The lowest BCUT2D eigenvalue weighted by molar-refractivity contribution is 0.100. The van der Waals surface area contributed by atoms with Crippen LogP contribution in [-0.2, 0) is 13.5 Å². The third-order valence-electron chi connectivity index (χ3n) is 3.74. The van der Waals surface area contributed by atoms with E-state index in [0.29, 0.717) is 29.2 Å². The molecule has 3 aromatic rings. The Morgan fingerprint density at radius 2 is 2.19 bits per heavy atom. The van der Waals surface area contributed by atoms with Crippen LogP contribution in [0.25, 0.3) is 0 Å². The number of hydrogen-bond acceptors (Lipinski definition) is 6. The molecule has 0 fully saturated rings. The van der Waals surface area contributed by atoms with E-state index in [1.807, 2.05) is 0 Å². The van der Waals surface area contributed by atoms with Crippen molar-refractivity contribution < 1.29 is 9.18 Å². The zero-order valence-electron chi connectivity index (χ0n) is 14.4. The van der Waals surface area contributed by atoms with Gasteiger partial charge in [0, 0.05) is 36.6 Å². The third kappa shape index (κ3) is 4.50. The molecule has 0 aliphatic heterocycles. The lowest BCUT2D eigenvalue weighted by Gasteiger charge is -2.11. The molecule has 2 heterocycles. The van der Waals surface area contributed by atoms with Gasteiger partial charge in [-0.15, -0.1) is 0 Å². The molecule has 2 aromatic heterocycles. The van der Waals surface area contributed by atoms with E-state index in [1.54, 1.807) is 36.3 Å². The normalized spacial score (nSPS) is 10.6. The Labute approximate surface area is 159 Å². The van der Waals surface area contributed by atoms with Crippen LogP contribution >= 0.6 is 11.6 Å². The van der Waals surface area contributed by atoms with Crippen LogP contribution in [0.15, 0.2) is 36.8 Å². The van der Waals surface area contributed by atoms with E-state index in [9.17, 15) is 9.18 Å². The molecule has 8 nitrogen and oxygen atoms in total. The highest BCUT2D eigenvalue weighted by atomic mass is 35.5. The van der Waals surface area contributed by atoms with Crippen LogP contribution < -0.4 is 16.4 Å². The van der Waals surface area contributed by atoms with Crippen molar-refractivity contribution in [3.05, 3.63) is 58.8 Å². The standard InChI is InChI=1S/C17H17ClFN7O/c1-26-9-10(7-23-26)24-17-22-8-12(15(20)27)16(25-17)21-6-5-11-13(18)3-2-4-14(11)19/h2-4,7-9H,5-6H2,1H3,(H2,20,27)(H2,21,22,24,25). The smallest absolute Gasteiger partial charge is 0.254 e. The predicted molar refractivity (Wildman–Crippen MR) is 101 cm³/mol. The van der Waals surface area contributed by atoms with E-state index < -0.39 is 5.91 Å². The molecule has 0 atom stereocenters. The van der Waals surface area contributed by atoms with Crippen LogP contribution in [0.5, 0.6) is 0 Å². The third-order valence-corrected chi connectivity index (χ3v) is 4.10. The molecule has 0 aliphatic rings. The monoisotopic (exact) mass is 389 g/mol. The molecule has 140 valence electrons. The minimum atomic E-state index is -0.672. The quantitative estimate of drug-likeness (QED) is 0.572. The molecule has 1 aromatic carbocycles. The van der Waals surface area contributed by atoms with Crippen molar-refractivity contribution in [1.29, 1.82) is 0 Å². The molecule has 1 amide bonds. The number of primary amides is 1. The minimum Gasteiger partial charge on any atom is -0.369 e. The summed E-state index contributed by atoms with van der Waals surface area (Å²) in [6.45, 7) is 0.296. The molecule has 0 radical (unpaired) electrons. The highest BCUT2D eigenvalue weighted by Gasteiger charge is 2.13. The van der Waals surface area contributed by atoms with Crippen molar-refractivity contribution >= 4 is 35.0 Å². The minimum absolute atomic E-state index is 0.131. The maximum absolute atomic E-state index is 13.9. The molecular weight excluding hydrogens is 373 g/mol. The topological polar surface area (TPSA) is 111 Å². The SMILES string of the molecule is Cn1cc(Nc2ncc(C(N)=O)c(NCCc3c(F)cccc3Cl)n2)cn1. The summed E-state index contributed by atoms with van der Waals surface area (Å²) in [6, 6.07) is 4.51. The van der Waals surface area contributed by atoms with Gasteiger partial charge in [0.1, 0.15) is 11.6 Å². The molecule has 10 heteroatoms. The fourth-order valence-corrected chi connectivity index (χ4v) is 2.71. The predicted octanol–water partition coefficient (Wildman–Crippen LogP) is 2.50. The van der Waals surface area contributed by atoms with Crippen LogP contribution in [0.2, 0.25) is 5.02 Å². The number of benzene rings is 1. The van der Waals surface area contributed by atoms with E-state index in [-0.39, 0.29) is 23.1 Å². The van der Waals surface area contributed by atoms with Crippen molar-refractivity contribution in [3.63, 3.8) is 0 Å². The highest BCUT2D eigenvalue weighted by Crippen LogP contribution is 2.21. The zero-order valence-corrected chi connectivity index (χ0v) is 15.2. The van der Waals surface area contributed by atoms with E-state index in [4.69, 9.17) is 17.3 Å². The van der Waals surface area contributed by atoms with Gasteiger partial charge in [0.15, 0.2) is 0 Å². The first-order valence-electron chi connectivity index (χ1n) is 8.03. The van der Waals surface area contributed by atoms with Crippen LogP contribution in [0.4, 0.5) is 21.8 Å². The molecule has 0 saturated carbocycles. The number of rotatable bonds is 7. The number of halogens is 2. The second-order valence-electron chi connectivity index (χ2n) is 5.72. The van der Waals surface area contributed by atoms with Crippen molar-refractivity contribution in [2.24, 2.45) is 12.8 Å². The summed E-state index contributed by atoms with van der Waals surface area (Å²) in [5.74, 6) is -0.550. The average Bonchev–Trinajstić information content (AvgIpc) is 3.02. The molecule has 4 N–H and O–H groups in total. The van der Waals surface area contributed by atoms with Gasteiger partial charge in [-0.25, -0.2) is 9.37 Å². The second-order valence-corrected chi connectivity index (χ2v) is 6.13. The van der Waals surface area contributed by atoms with E-state index in [1.165, 1.54) is 12.3 Å². The Balaban J connectivity index is 1.75. The van der Waals surface area contributed by atoms with E-state index >= 15 is 0 Å². The highest BCUT2D eigenvalue weighted by molar-refractivity contribution is 6.31. The number of nitrogens with one attached hydrogen (secondary N) is 2. The maximum atomic E-state index is 13.9. The lowest BCUT2D eigenvalue weighted by Crippen LogP contribution is -2.18. The first-order valence-corrected chi connectivity index (χ1v) is 8.41. The summed E-state index contributed by atoms with van der Waals surface area (Å²) in [5.41, 5.74) is 6.58.